The Kier molecular flexibility index (Phi) is 8.88. The van der Waals surface area contributed by atoms with Crippen molar-refractivity contribution in [3.05, 3.63) is 0 Å². The van der Waals surface area contributed by atoms with Gasteiger partial charge >= 0.3 is 0 Å². The van der Waals surface area contributed by atoms with Crippen molar-refractivity contribution >= 4 is 25.3 Å². The van der Waals surface area contributed by atoms with E-state index in [1.165, 1.54) is 0 Å². The number of nitrogens with one attached hydrogen (secondary N) is 3. The minimum atomic E-state index is -0.464. The zero-order valence-electron chi connectivity index (χ0n) is 11.2. The van der Waals surface area contributed by atoms with E-state index in [1.54, 1.807) is 0 Å². The Morgan fingerprint density at radius 3 is 2.06 bits per heavy atom. The van der Waals surface area contributed by atoms with E-state index in [4.69, 9.17) is 5.73 Å². The first-order valence-corrected chi connectivity index (χ1v) is 7.43. The van der Waals surface area contributed by atoms with Crippen LogP contribution in [0.1, 0.15) is 20.8 Å². The van der Waals surface area contributed by atoms with Crippen molar-refractivity contribution in [3.63, 3.8) is 0 Å². The maximum atomic E-state index is 6.20. The minimum Gasteiger partial charge on any atom is -0.315 e. The van der Waals surface area contributed by atoms with Crippen LogP contribution in [0.3, 0.4) is 0 Å². The SMILES string of the molecule is CCNC[C@](C)(CS)NCC(N)(CS)NCC. The third-order valence-corrected chi connectivity index (χ3v) is 4.02. The van der Waals surface area contributed by atoms with E-state index in [0.717, 1.165) is 25.4 Å². The molecule has 6 heteroatoms. The summed E-state index contributed by atoms with van der Waals surface area (Å²) in [4.78, 5) is 0. The van der Waals surface area contributed by atoms with Gasteiger partial charge < -0.3 is 16.4 Å². The summed E-state index contributed by atoms with van der Waals surface area (Å²) in [5.74, 6) is 1.35. The van der Waals surface area contributed by atoms with Gasteiger partial charge in [-0.05, 0) is 20.0 Å². The van der Waals surface area contributed by atoms with Gasteiger partial charge in [0.25, 0.3) is 0 Å². The molecule has 0 bridgehead atoms. The molecule has 0 aliphatic carbocycles. The van der Waals surface area contributed by atoms with E-state index in [1.807, 2.05) is 6.92 Å². The molecule has 0 radical (unpaired) electrons. The predicted molar refractivity (Wildman–Crippen MR) is 83.3 cm³/mol. The molecule has 1 unspecified atom stereocenters. The fourth-order valence-electron chi connectivity index (χ4n) is 1.47. The molecule has 0 rings (SSSR count). The molecule has 17 heavy (non-hydrogen) atoms. The van der Waals surface area contributed by atoms with E-state index in [9.17, 15) is 0 Å². The molecule has 4 nitrogen and oxygen atoms in total. The van der Waals surface area contributed by atoms with E-state index in [0.29, 0.717) is 12.3 Å². The molecule has 104 valence electrons. The van der Waals surface area contributed by atoms with Gasteiger partial charge in [-0.15, -0.1) is 0 Å². The van der Waals surface area contributed by atoms with Crippen LogP contribution in [0.25, 0.3) is 0 Å². The van der Waals surface area contributed by atoms with E-state index in [-0.39, 0.29) is 5.54 Å². The van der Waals surface area contributed by atoms with Gasteiger partial charge in [-0.1, -0.05) is 13.8 Å². The molecule has 0 heterocycles. The molecule has 0 aliphatic heterocycles. The molecular formula is C11H28N4S2. The van der Waals surface area contributed by atoms with Gasteiger partial charge in [0, 0.05) is 30.1 Å². The van der Waals surface area contributed by atoms with E-state index in [2.05, 4.69) is 55.1 Å². The van der Waals surface area contributed by atoms with Gasteiger partial charge in [-0.2, -0.15) is 25.3 Å². The second-order valence-electron chi connectivity index (χ2n) is 4.70. The van der Waals surface area contributed by atoms with Gasteiger partial charge in [-0.3, -0.25) is 5.32 Å². The zero-order valence-corrected chi connectivity index (χ0v) is 13.0. The lowest BCUT2D eigenvalue weighted by atomic mass is 10.0. The van der Waals surface area contributed by atoms with Crippen LogP contribution in [-0.2, 0) is 0 Å². The van der Waals surface area contributed by atoms with Crippen molar-refractivity contribution in [2.75, 3.05) is 37.7 Å². The maximum absolute atomic E-state index is 6.20. The van der Waals surface area contributed by atoms with Crippen LogP contribution < -0.4 is 21.7 Å². The Bertz CT molecular complexity index is 206. The fourth-order valence-corrected chi connectivity index (χ4v) is 1.92. The Balaban J connectivity index is 4.27. The lowest BCUT2D eigenvalue weighted by Crippen LogP contribution is -2.65. The molecule has 0 amide bonds. The van der Waals surface area contributed by atoms with Crippen LogP contribution in [0.4, 0.5) is 0 Å². The van der Waals surface area contributed by atoms with Crippen LogP contribution in [0, 0.1) is 0 Å². The summed E-state index contributed by atoms with van der Waals surface area (Å²) in [6.45, 7) is 9.63. The average molecular weight is 281 g/mol. The molecule has 0 saturated heterocycles. The highest BCUT2D eigenvalue weighted by molar-refractivity contribution is 7.80. The quantitative estimate of drug-likeness (QED) is 0.253. The van der Waals surface area contributed by atoms with Crippen LogP contribution in [-0.4, -0.2) is 48.9 Å². The van der Waals surface area contributed by atoms with Crippen LogP contribution >= 0.6 is 25.3 Å². The maximum Gasteiger partial charge on any atom is 0.0880 e. The van der Waals surface area contributed by atoms with Gasteiger partial charge in [0.05, 0.1) is 5.66 Å². The molecule has 0 aromatic carbocycles. The third kappa shape index (κ3) is 6.88. The average Bonchev–Trinajstić information content (AvgIpc) is 2.34. The standard InChI is InChI=1S/C11H28N4S2/c1-4-13-6-10(3,8-16)15-7-11(12,9-17)14-5-2/h13-17H,4-9,12H2,1-3H3/t10-,11?/m1/s1. The number of nitrogens with two attached hydrogens (primary N) is 1. The number of likely N-dealkylation sites (N-methyl/N-ethyl adjacent to an activating group) is 2. The number of hydrogen-bond donors (Lipinski definition) is 6. The highest BCUT2D eigenvalue weighted by atomic mass is 32.1. The van der Waals surface area contributed by atoms with E-state index >= 15 is 0 Å². The molecule has 0 spiro atoms. The lowest BCUT2D eigenvalue weighted by molar-refractivity contribution is 0.295. The summed E-state index contributed by atoms with van der Waals surface area (Å²) >= 11 is 8.71. The highest BCUT2D eigenvalue weighted by Gasteiger charge is 2.27. The van der Waals surface area contributed by atoms with Crippen molar-refractivity contribution in [1.29, 1.82) is 0 Å². The van der Waals surface area contributed by atoms with Crippen LogP contribution in [0.5, 0.6) is 0 Å². The third-order valence-electron chi connectivity index (χ3n) is 2.76. The Hall–Kier alpha value is 0.540. The number of hydrogen-bond acceptors (Lipinski definition) is 6. The Morgan fingerprint density at radius 2 is 1.65 bits per heavy atom. The highest BCUT2D eigenvalue weighted by Crippen LogP contribution is 2.07. The van der Waals surface area contributed by atoms with Crippen molar-refractivity contribution < 1.29 is 0 Å². The second-order valence-corrected chi connectivity index (χ2v) is 5.33. The zero-order chi connectivity index (χ0) is 13.4. The first kappa shape index (κ1) is 17.5. The monoisotopic (exact) mass is 280 g/mol. The Morgan fingerprint density at radius 1 is 1.00 bits per heavy atom. The van der Waals surface area contributed by atoms with Gasteiger partial charge in [0.15, 0.2) is 0 Å². The van der Waals surface area contributed by atoms with Gasteiger partial charge in [-0.25, -0.2) is 0 Å². The lowest BCUT2D eigenvalue weighted by Gasteiger charge is -2.36. The summed E-state index contributed by atoms with van der Waals surface area (Å²) in [6, 6.07) is 0. The first-order valence-electron chi connectivity index (χ1n) is 6.16. The molecule has 0 saturated carbocycles. The molecule has 0 aromatic heterocycles. The summed E-state index contributed by atoms with van der Waals surface area (Å²) in [7, 11) is 0. The number of rotatable bonds is 10. The summed E-state index contributed by atoms with van der Waals surface area (Å²) in [5.41, 5.74) is 5.69. The van der Waals surface area contributed by atoms with Crippen LogP contribution in [0.15, 0.2) is 0 Å². The van der Waals surface area contributed by atoms with Gasteiger partial charge in [0.2, 0.25) is 0 Å². The molecule has 0 aromatic rings. The first-order chi connectivity index (χ1) is 7.95. The summed E-state index contributed by atoms with van der Waals surface area (Å²) < 4.78 is 0. The predicted octanol–water partition coefficient (Wildman–Crippen LogP) is 0.0683. The van der Waals surface area contributed by atoms with Crippen molar-refractivity contribution in [1.82, 2.24) is 16.0 Å². The fraction of sp³-hybridized carbons (Fsp3) is 1.00. The second kappa shape index (κ2) is 8.61. The van der Waals surface area contributed by atoms with Gasteiger partial charge in [0.1, 0.15) is 0 Å². The minimum absolute atomic E-state index is 0.0535. The van der Waals surface area contributed by atoms with E-state index < -0.39 is 5.66 Å². The van der Waals surface area contributed by atoms with Crippen molar-refractivity contribution in [2.45, 2.75) is 32.0 Å². The molecule has 5 N–H and O–H groups in total. The summed E-state index contributed by atoms with van der Waals surface area (Å²) in [5, 5.41) is 10.1. The number of thiol groups is 2. The normalized spacial score (nSPS) is 18.7. The molecule has 2 atom stereocenters. The molecule has 0 fully saturated rings. The molecular weight excluding hydrogens is 252 g/mol. The van der Waals surface area contributed by atoms with Crippen LogP contribution in [0.2, 0.25) is 0 Å². The summed E-state index contributed by atoms with van der Waals surface area (Å²) in [6.07, 6.45) is 0. The molecule has 0 aliphatic rings. The van der Waals surface area contributed by atoms with Crippen molar-refractivity contribution in [3.8, 4) is 0 Å². The Labute approximate surface area is 117 Å². The smallest absolute Gasteiger partial charge is 0.0880 e. The van der Waals surface area contributed by atoms with Crippen molar-refractivity contribution in [2.24, 2.45) is 5.73 Å². The topological polar surface area (TPSA) is 62.1 Å². The largest absolute Gasteiger partial charge is 0.315 e.